The lowest BCUT2D eigenvalue weighted by molar-refractivity contribution is -0.124. The highest BCUT2D eigenvalue weighted by Gasteiger charge is 2.25. The number of aromatic nitrogens is 1. The largest absolute Gasteiger partial charge is 0.464 e. The summed E-state index contributed by atoms with van der Waals surface area (Å²) in [5, 5.41) is 2.99. The minimum Gasteiger partial charge on any atom is -0.464 e. The number of benzene rings is 1. The lowest BCUT2D eigenvalue weighted by Gasteiger charge is -2.22. The summed E-state index contributed by atoms with van der Waals surface area (Å²) in [5.74, 6) is 0.739. The highest BCUT2D eigenvalue weighted by Crippen LogP contribution is 2.31. The number of amides is 1. The van der Waals surface area contributed by atoms with Crippen LogP contribution in [0.3, 0.4) is 0 Å². The van der Waals surface area contributed by atoms with Gasteiger partial charge in [-0.05, 0) is 36.3 Å². The fourth-order valence-corrected chi connectivity index (χ4v) is 2.93. The molecule has 1 N–H and O–H groups in total. The van der Waals surface area contributed by atoms with Gasteiger partial charge in [0.1, 0.15) is 11.4 Å². The van der Waals surface area contributed by atoms with Crippen molar-refractivity contribution in [1.29, 1.82) is 0 Å². The van der Waals surface area contributed by atoms with Gasteiger partial charge in [0.2, 0.25) is 12.1 Å². The molecular formula is C19H23N3O2. The summed E-state index contributed by atoms with van der Waals surface area (Å²) in [6.45, 7) is 6.13. The number of rotatable bonds is 5. The third kappa shape index (κ3) is 3.57. The Bertz CT molecular complexity index is 713. The average Bonchev–Trinajstić information content (AvgIpc) is 2.76. The van der Waals surface area contributed by atoms with Crippen LogP contribution in [0.4, 0.5) is 0 Å². The number of nitrogens with one attached hydrogen (secondary N) is 1. The molecule has 126 valence electrons. The minimum atomic E-state index is -0.562. The molecule has 1 unspecified atom stereocenters. The Balaban J connectivity index is 1.85. The van der Waals surface area contributed by atoms with Crippen LogP contribution in [0.15, 0.2) is 42.6 Å². The predicted octanol–water partition coefficient (Wildman–Crippen LogP) is 2.52. The van der Waals surface area contributed by atoms with Gasteiger partial charge in [-0.15, -0.1) is 0 Å². The molecule has 1 amide bonds. The van der Waals surface area contributed by atoms with Crippen LogP contribution in [-0.2, 0) is 11.2 Å². The summed E-state index contributed by atoms with van der Waals surface area (Å²) < 4.78 is 6.09. The molecule has 5 heteroatoms. The molecule has 0 bridgehead atoms. The molecular weight excluding hydrogens is 302 g/mol. The van der Waals surface area contributed by atoms with E-state index >= 15 is 0 Å². The van der Waals surface area contributed by atoms with E-state index in [4.69, 9.17) is 4.74 Å². The Labute approximate surface area is 142 Å². The number of hydrogen-bond acceptors (Lipinski definition) is 4. The number of nitrogens with zero attached hydrogens (tertiary/aromatic N) is 2. The van der Waals surface area contributed by atoms with Crippen LogP contribution in [0.25, 0.3) is 0 Å². The monoisotopic (exact) mass is 325 g/mol. The highest BCUT2D eigenvalue weighted by molar-refractivity contribution is 5.78. The summed E-state index contributed by atoms with van der Waals surface area (Å²) in [5.41, 5.74) is 2.96. The molecule has 0 saturated carbocycles. The quantitative estimate of drug-likeness (QED) is 0.918. The van der Waals surface area contributed by atoms with Crippen LogP contribution in [0.5, 0.6) is 5.75 Å². The van der Waals surface area contributed by atoms with E-state index in [1.807, 2.05) is 50.2 Å². The number of ether oxygens (including phenoxy) is 1. The molecule has 3 rings (SSSR count). The van der Waals surface area contributed by atoms with Crippen molar-refractivity contribution < 1.29 is 9.53 Å². The van der Waals surface area contributed by atoms with Gasteiger partial charge in [-0.1, -0.05) is 38.1 Å². The zero-order valence-electron chi connectivity index (χ0n) is 14.2. The Morgan fingerprint density at radius 1 is 1.21 bits per heavy atom. The number of fused-ring (bicyclic) bond motifs is 2. The van der Waals surface area contributed by atoms with Crippen molar-refractivity contribution in [2.24, 2.45) is 0 Å². The topological polar surface area (TPSA) is 54.5 Å². The molecule has 1 aromatic carbocycles. The van der Waals surface area contributed by atoms with Crippen LogP contribution in [0, 0.1) is 0 Å². The Morgan fingerprint density at radius 2 is 1.96 bits per heavy atom. The zero-order valence-corrected chi connectivity index (χ0v) is 14.2. The summed E-state index contributed by atoms with van der Waals surface area (Å²) in [6, 6.07) is 11.9. The fraction of sp³-hybridized carbons (Fsp3) is 0.368. The van der Waals surface area contributed by atoms with E-state index in [0.717, 1.165) is 42.1 Å². The van der Waals surface area contributed by atoms with E-state index in [1.54, 1.807) is 6.20 Å². The van der Waals surface area contributed by atoms with Gasteiger partial charge in [-0.3, -0.25) is 14.7 Å². The van der Waals surface area contributed by atoms with E-state index in [2.05, 4.69) is 15.2 Å². The molecule has 0 fully saturated rings. The zero-order chi connectivity index (χ0) is 16.9. The van der Waals surface area contributed by atoms with Crippen molar-refractivity contribution in [1.82, 2.24) is 15.2 Å². The van der Waals surface area contributed by atoms with Crippen LogP contribution in [-0.4, -0.2) is 35.4 Å². The fourth-order valence-electron chi connectivity index (χ4n) is 2.93. The predicted molar refractivity (Wildman–Crippen MR) is 92.8 cm³/mol. The number of pyridine rings is 1. The van der Waals surface area contributed by atoms with Crippen molar-refractivity contribution >= 4 is 5.91 Å². The second kappa shape index (κ2) is 7.45. The molecule has 0 radical (unpaired) electrons. The van der Waals surface area contributed by atoms with Crippen molar-refractivity contribution in [3.63, 3.8) is 0 Å². The van der Waals surface area contributed by atoms with Gasteiger partial charge in [0, 0.05) is 12.6 Å². The van der Waals surface area contributed by atoms with Crippen LogP contribution in [0.1, 0.15) is 36.9 Å². The molecule has 1 aliphatic rings. The van der Waals surface area contributed by atoms with Gasteiger partial charge in [-0.25, -0.2) is 0 Å². The summed E-state index contributed by atoms with van der Waals surface area (Å²) in [4.78, 5) is 18.9. The van der Waals surface area contributed by atoms with E-state index in [1.165, 1.54) is 0 Å². The first-order chi connectivity index (χ1) is 11.7. The van der Waals surface area contributed by atoms with Crippen LogP contribution in [0.2, 0.25) is 0 Å². The summed E-state index contributed by atoms with van der Waals surface area (Å²) in [6.07, 6.45) is 1.93. The van der Waals surface area contributed by atoms with Gasteiger partial charge in [0.15, 0.2) is 0 Å². The SMILES string of the molecule is CCN(CC)CC(=O)NC1Oc2ccccc2Cc2cccnc21. The first-order valence-corrected chi connectivity index (χ1v) is 8.41. The molecule has 0 aliphatic carbocycles. The highest BCUT2D eigenvalue weighted by atomic mass is 16.5. The van der Waals surface area contributed by atoms with E-state index in [-0.39, 0.29) is 5.91 Å². The number of hydrogen-bond donors (Lipinski definition) is 1. The van der Waals surface area contributed by atoms with E-state index < -0.39 is 6.23 Å². The molecule has 24 heavy (non-hydrogen) atoms. The van der Waals surface area contributed by atoms with E-state index in [9.17, 15) is 4.79 Å². The first-order valence-electron chi connectivity index (χ1n) is 8.41. The van der Waals surface area contributed by atoms with Crippen molar-refractivity contribution in [3.05, 3.63) is 59.4 Å². The van der Waals surface area contributed by atoms with Gasteiger partial charge in [-0.2, -0.15) is 0 Å². The Kier molecular flexibility index (Phi) is 5.11. The minimum absolute atomic E-state index is 0.0558. The van der Waals surface area contributed by atoms with Gasteiger partial charge in [0.05, 0.1) is 6.54 Å². The Morgan fingerprint density at radius 3 is 2.75 bits per heavy atom. The molecule has 0 spiro atoms. The maximum absolute atomic E-state index is 12.4. The summed E-state index contributed by atoms with van der Waals surface area (Å²) >= 11 is 0. The third-order valence-corrected chi connectivity index (χ3v) is 4.33. The molecule has 0 saturated heterocycles. The maximum atomic E-state index is 12.4. The van der Waals surface area contributed by atoms with Crippen LogP contribution < -0.4 is 10.1 Å². The molecule has 2 heterocycles. The number of para-hydroxylation sites is 1. The normalized spacial score (nSPS) is 15.9. The molecule has 1 aliphatic heterocycles. The third-order valence-electron chi connectivity index (χ3n) is 4.33. The average molecular weight is 325 g/mol. The van der Waals surface area contributed by atoms with Crippen molar-refractivity contribution in [3.8, 4) is 5.75 Å². The van der Waals surface area contributed by atoms with Gasteiger partial charge < -0.3 is 10.1 Å². The summed E-state index contributed by atoms with van der Waals surface area (Å²) in [7, 11) is 0. The number of carbonyl (C=O) groups excluding carboxylic acids is 1. The standard InChI is InChI=1S/C19H23N3O2/c1-3-22(4-2)13-17(23)21-19-18-15(9-7-11-20-18)12-14-8-5-6-10-16(14)24-19/h5-11,19H,3-4,12-13H2,1-2H3,(H,21,23). The molecule has 2 aromatic rings. The Hall–Kier alpha value is -2.40. The van der Waals surface area contributed by atoms with E-state index in [0.29, 0.717) is 6.54 Å². The number of likely N-dealkylation sites (N-methyl/N-ethyl adjacent to an activating group) is 1. The van der Waals surface area contributed by atoms with Crippen molar-refractivity contribution in [2.45, 2.75) is 26.5 Å². The lowest BCUT2D eigenvalue weighted by atomic mass is 10.0. The van der Waals surface area contributed by atoms with Crippen LogP contribution >= 0.6 is 0 Å². The smallest absolute Gasteiger partial charge is 0.237 e. The van der Waals surface area contributed by atoms with Crippen molar-refractivity contribution in [2.75, 3.05) is 19.6 Å². The molecule has 5 nitrogen and oxygen atoms in total. The lowest BCUT2D eigenvalue weighted by Crippen LogP contribution is -2.40. The number of carbonyl (C=O) groups is 1. The maximum Gasteiger partial charge on any atom is 0.237 e. The van der Waals surface area contributed by atoms with Gasteiger partial charge in [0.25, 0.3) is 0 Å². The molecule has 1 aromatic heterocycles. The molecule has 1 atom stereocenters. The van der Waals surface area contributed by atoms with Gasteiger partial charge >= 0.3 is 0 Å². The first kappa shape index (κ1) is 16.5. The second-order valence-electron chi connectivity index (χ2n) is 5.86. The second-order valence-corrected chi connectivity index (χ2v) is 5.86.